The van der Waals surface area contributed by atoms with Gasteiger partial charge in [0.25, 0.3) is 0 Å². The second-order valence-corrected chi connectivity index (χ2v) is 5.16. The molecule has 1 fully saturated rings. The van der Waals surface area contributed by atoms with Gasteiger partial charge < -0.3 is 15.4 Å². The van der Waals surface area contributed by atoms with Crippen LogP contribution in [0.2, 0.25) is 0 Å². The quantitative estimate of drug-likeness (QED) is 0.836. The smallest absolute Gasteiger partial charge is 0.0477 e. The minimum Gasteiger partial charge on any atom is -0.385 e. The van der Waals surface area contributed by atoms with E-state index < -0.39 is 0 Å². The zero-order chi connectivity index (χ0) is 13.5. The fourth-order valence-electron chi connectivity index (χ4n) is 2.52. The minimum absolute atomic E-state index is 0.225. The second-order valence-electron chi connectivity index (χ2n) is 5.16. The van der Waals surface area contributed by atoms with Crippen LogP contribution in [-0.2, 0) is 4.74 Å². The van der Waals surface area contributed by atoms with E-state index in [4.69, 9.17) is 10.5 Å². The number of nitrogens with two attached hydrogens (primary N) is 1. The zero-order valence-corrected chi connectivity index (χ0v) is 11.8. The van der Waals surface area contributed by atoms with Gasteiger partial charge in [0, 0.05) is 58.2 Å². The van der Waals surface area contributed by atoms with Crippen molar-refractivity contribution in [3.63, 3.8) is 0 Å². The first-order valence-corrected chi connectivity index (χ1v) is 7.06. The summed E-state index contributed by atoms with van der Waals surface area (Å²) < 4.78 is 5.07. The van der Waals surface area contributed by atoms with Crippen molar-refractivity contribution in [2.75, 3.05) is 51.3 Å². The van der Waals surface area contributed by atoms with Crippen LogP contribution in [0.4, 0.5) is 5.69 Å². The molecule has 1 unspecified atom stereocenters. The number of benzene rings is 1. The van der Waals surface area contributed by atoms with Crippen LogP contribution in [0.15, 0.2) is 30.3 Å². The van der Waals surface area contributed by atoms with E-state index in [-0.39, 0.29) is 6.04 Å². The molecule has 2 rings (SSSR count). The molecule has 0 saturated carbocycles. The van der Waals surface area contributed by atoms with Gasteiger partial charge in [-0.2, -0.15) is 0 Å². The van der Waals surface area contributed by atoms with Crippen LogP contribution >= 0.6 is 0 Å². The fraction of sp³-hybridized carbons (Fsp3) is 0.600. The van der Waals surface area contributed by atoms with Crippen LogP contribution in [0.1, 0.15) is 6.42 Å². The zero-order valence-electron chi connectivity index (χ0n) is 11.8. The van der Waals surface area contributed by atoms with E-state index >= 15 is 0 Å². The van der Waals surface area contributed by atoms with Gasteiger partial charge in [0.15, 0.2) is 0 Å². The first-order valence-electron chi connectivity index (χ1n) is 7.06. The van der Waals surface area contributed by atoms with Crippen LogP contribution in [0.3, 0.4) is 0 Å². The summed E-state index contributed by atoms with van der Waals surface area (Å²) in [5.41, 5.74) is 7.43. The van der Waals surface area contributed by atoms with Gasteiger partial charge >= 0.3 is 0 Å². The minimum atomic E-state index is 0.225. The highest BCUT2D eigenvalue weighted by atomic mass is 16.5. The van der Waals surface area contributed by atoms with E-state index in [2.05, 4.69) is 40.1 Å². The lowest BCUT2D eigenvalue weighted by Gasteiger charge is -2.37. The summed E-state index contributed by atoms with van der Waals surface area (Å²) in [5, 5.41) is 0. The number of rotatable bonds is 6. The number of methoxy groups -OCH3 is 1. The van der Waals surface area contributed by atoms with E-state index in [1.165, 1.54) is 5.69 Å². The highest BCUT2D eigenvalue weighted by Crippen LogP contribution is 2.15. The Morgan fingerprint density at radius 3 is 2.47 bits per heavy atom. The van der Waals surface area contributed by atoms with Gasteiger partial charge in [-0.25, -0.2) is 0 Å². The lowest BCUT2D eigenvalue weighted by Crippen LogP contribution is -2.50. The molecular weight excluding hydrogens is 238 g/mol. The van der Waals surface area contributed by atoms with Crippen molar-refractivity contribution in [2.45, 2.75) is 12.5 Å². The third-order valence-corrected chi connectivity index (χ3v) is 3.68. The maximum absolute atomic E-state index is 6.10. The molecule has 0 radical (unpaired) electrons. The second kappa shape index (κ2) is 7.48. The van der Waals surface area contributed by atoms with Crippen molar-refractivity contribution in [3.8, 4) is 0 Å². The number of piperazine rings is 1. The molecule has 1 aromatic rings. The van der Waals surface area contributed by atoms with Crippen LogP contribution in [0.5, 0.6) is 0 Å². The van der Waals surface area contributed by atoms with E-state index in [0.717, 1.165) is 45.8 Å². The summed E-state index contributed by atoms with van der Waals surface area (Å²) in [4.78, 5) is 4.90. The average Bonchev–Trinajstić information content (AvgIpc) is 2.47. The molecule has 106 valence electrons. The molecule has 4 heteroatoms. The molecular formula is C15H25N3O. The molecule has 0 spiro atoms. The highest BCUT2D eigenvalue weighted by Gasteiger charge is 2.18. The summed E-state index contributed by atoms with van der Waals surface area (Å²) in [7, 11) is 1.73. The molecule has 1 heterocycles. The summed E-state index contributed by atoms with van der Waals surface area (Å²) >= 11 is 0. The van der Waals surface area contributed by atoms with Gasteiger partial charge in [0.2, 0.25) is 0 Å². The number of hydrogen-bond donors (Lipinski definition) is 1. The Kier molecular flexibility index (Phi) is 5.63. The van der Waals surface area contributed by atoms with Gasteiger partial charge in [0.05, 0.1) is 0 Å². The number of ether oxygens (including phenoxy) is 1. The molecule has 19 heavy (non-hydrogen) atoms. The molecule has 1 atom stereocenters. The topological polar surface area (TPSA) is 41.7 Å². The molecule has 0 amide bonds. The van der Waals surface area contributed by atoms with Gasteiger partial charge in [0.1, 0.15) is 0 Å². The molecule has 1 aliphatic rings. The van der Waals surface area contributed by atoms with Crippen molar-refractivity contribution >= 4 is 5.69 Å². The van der Waals surface area contributed by atoms with Gasteiger partial charge in [-0.05, 0) is 18.6 Å². The number of para-hydroxylation sites is 1. The van der Waals surface area contributed by atoms with E-state index in [1.54, 1.807) is 7.11 Å². The first-order chi connectivity index (χ1) is 9.29. The third-order valence-electron chi connectivity index (χ3n) is 3.68. The van der Waals surface area contributed by atoms with Gasteiger partial charge in [-0.1, -0.05) is 18.2 Å². The third kappa shape index (κ3) is 4.49. The highest BCUT2D eigenvalue weighted by molar-refractivity contribution is 5.46. The van der Waals surface area contributed by atoms with Crippen molar-refractivity contribution in [3.05, 3.63) is 30.3 Å². The molecule has 2 N–H and O–H groups in total. The molecule has 1 saturated heterocycles. The molecule has 0 aromatic heterocycles. The Hall–Kier alpha value is -1.10. The molecule has 4 nitrogen and oxygen atoms in total. The Labute approximate surface area is 116 Å². The van der Waals surface area contributed by atoms with Crippen LogP contribution in [0, 0.1) is 0 Å². The summed E-state index contributed by atoms with van der Waals surface area (Å²) in [6, 6.07) is 10.8. The van der Waals surface area contributed by atoms with Gasteiger partial charge in [-0.15, -0.1) is 0 Å². The first kappa shape index (κ1) is 14.3. The number of hydrogen-bond acceptors (Lipinski definition) is 4. The molecule has 0 aliphatic carbocycles. The van der Waals surface area contributed by atoms with Crippen LogP contribution in [0.25, 0.3) is 0 Å². The molecule has 1 aromatic carbocycles. The monoisotopic (exact) mass is 263 g/mol. The Morgan fingerprint density at radius 2 is 1.84 bits per heavy atom. The van der Waals surface area contributed by atoms with Gasteiger partial charge in [-0.3, -0.25) is 4.90 Å². The van der Waals surface area contributed by atoms with Crippen LogP contribution < -0.4 is 10.6 Å². The SMILES string of the molecule is COCCC(N)CN1CCN(c2ccccc2)CC1. The van der Waals surface area contributed by atoms with E-state index in [0.29, 0.717) is 0 Å². The summed E-state index contributed by atoms with van der Waals surface area (Å²) in [6.45, 7) is 6.09. The molecule has 1 aliphatic heterocycles. The number of nitrogens with zero attached hydrogens (tertiary/aromatic N) is 2. The Balaban J connectivity index is 1.73. The van der Waals surface area contributed by atoms with Crippen molar-refractivity contribution in [2.24, 2.45) is 5.73 Å². The molecule has 0 bridgehead atoms. The van der Waals surface area contributed by atoms with Crippen molar-refractivity contribution < 1.29 is 4.74 Å². The maximum Gasteiger partial charge on any atom is 0.0477 e. The Bertz CT molecular complexity index is 350. The summed E-state index contributed by atoms with van der Waals surface area (Å²) in [5.74, 6) is 0. The maximum atomic E-state index is 6.10. The van der Waals surface area contributed by atoms with E-state index in [9.17, 15) is 0 Å². The Morgan fingerprint density at radius 1 is 1.16 bits per heavy atom. The normalized spacial score (nSPS) is 18.5. The summed E-state index contributed by atoms with van der Waals surface area (Å²) in [6.07, 6.45) is 0.940. The predicted octanol–water partition coefficient (Wildman–Crippen LogP) is 1.17. The van der Waals surface area contributed by atoms with Crippen molar-refractivity contribution in [1.29, 1.82) is 0 Å². The fourth-order valence-corrected chi connectivity index (χ4v) is 2.52. The van der Waals surface area contributed by atoms with E-state index in [1.807, 2.05) is 0 Å². The van der Waals surface area contributed by atoms with Crippen LogP contribution in [-0.4, -0.2) is 57.4 Å². The lowest BCUT2D eigenvalue weighted by molar-refractivity contribution is 0.172. The largest absolute Gasteiger partial charge is 0.385 e. The average molecular weight is 263 g/mol. The number of anilines is 1. The lowest BCUT2D eigenvalue weighted by atomic mass is 10.2. The standard InChI is InChI=1S/C15H25N3O/c1-19-12-7-14(16)13-17-8-10-18(11-9-17)15-5-3-2-4-6-15/h2-6,14H,7-13,16H2,1H3. The van der Waals surface area contributed by atoms with Crippen molar-refractivity contribution in [1.82, 2.24) is 4.90 Å². The predicted molar refractivity (Wildman–Crippen MR) is 79.6 cm³/mol.